The summed E-state index contributed by atoms with van der Waals surface area (Å²) < 4.78 is 37.7. The van der Waals surface area contributed by atoms with Crippen LogP contribution in [0, 0.1) is 0 Å². The quantitative estimate of drug-likeness (QED) is 0.822. The van der Waals surface area contributed by atoms with Crippen LogP contribution in [0.3, 0.4) is 0 Å². The second-order valence-corrected chi connectivity index (χ2v) is 4.59. The Morgan fingerprint density at radius 1 is 1.00 bits per heavy atom. The van der Waals surface area contributed by atoms with E-state index in [1.54, 1.807) is 0 Å². The Morgan fingerprint density at radius 2 is 1.58 bits per heavy atom. The van der Waals surface area contributed by atoms with Gasteiger partial charge >= 0.3 is 6.18 Å². The Bertz CT molecular complexity index is 609. The highest BCUT2D eigenvalue weighted by molar-refractivity contribution is 6.35. The average Bonchev–Trinajstić information content (AvgIpc) is 2.26. The van der Waals surface area contributed by atoms with Crippen LogP contribution >= 0.6 is 23.2 Å². The lowest BCUT2D eigenvalue weighted by molar-refractivity contribution is -0.141. The smallest absolute Gasteiger partial charge is 0.433 e. The summed E-state index contributed by atoms with van der Waals surface area (Å²) in [6.07, 6.45) is -4.59. The van der Waals surface area contributed by atoms with Crippen molar-refractivity contribution in [3.8, 4) is 17.0 Å². The van der Waals surface area contributed by atoms with Crippen molar-refractivity contribution in [1.82, 2.24) is 4.98 Å². The summed E-state index contributed by atoms with van der Waals surface area (Å²) in [6.45, 7) is 0. The first kappa shape index (κ1) is 14.0. The Hall–Kier alpha value is -1.46. The first-order valence-corrected chi connectivity index (χ1v) is 5.76. The van der Waals surface area contributed by atoms with E-state index in [9.17, 15) is 18.3 Å². The van der Waals surface area contributed by atoms with Crippen molar-refractivity contribution in [3.63, 3.8) is 0 Å². The SMILES string of the molecule is Oc1ccc(C(F)(F)F)nc1-c1cc(Cl)cc(Cl)c1. The van der Waals surface area contributed by atoms with Gasteiger partial charge in [0.1, 0.15) is 17.1 Å². The van der Waals surface area contributed by atoms with Gasteiger partial charge in [-0.25, -0.2) is 4.98 Å². The van der Waals surface area contributed by atoms with Crippen molar-refractivity contribution in [1.29, 1.82) is 0 Å². The number of halogens is 5. The van der Waals surface area contributed by atoms with Gasteiger partial charge in [-0.1, -0.05) is 23.2 Å². The van der Waals surface area contributed by atoms with E-state index in [2.05, 4.69) is 4.98 Å². The predicted molar refractivity (Wildman–Crippen MR) is 66.4 cm³/mol. The number of hydrogen-bond donors (Lipinski definition) is 1. The minimum atomic E-state index is -4.59. The second kappa shape index (κ2) is 4.90. The van der Waals surface area contributed by atoms with E-state index >= 15 is 0 Å². The van der Waals surface area contributed by atoms with Crippen LogP contribution in [0.15, 0.2) is 30.3 Å². The second-order valence-electron chi connectivity index (χ2n) is 3.72. The number of benzene rings is 1. The molecule has 1 aromatic heterocycles. The van der Waals surface area contributed by atoms with Gasteiger partial charge in [-0.2, -0.15) is 13.2 Å². The molecule has 1 N–H and O–H groups in total. The maximum Gasteiger partial charge on any atom is 0.433 e. The maximum absolute atomic E-state index is 12.6. The van der Waals surface area contributed by atoms with Gasteiger partial charge in [-0.3, -0.25) is 0 Å². The predicted octanol–water partition coefficient (Wildman–Crippen LogP) is 4.78. The molecule has 2 aromatic rings. The van der Waals surface area contributed by atoms with Crippen molar-refractivity contribution in [3.05, 3.63) is 46.1 Å². The highest BCUT2D eigenvalue weighted by atomic mass is 35.5. The molecule has 7 heteroatoms. The number of alkyl halides is 3. The summed E-state index contributed by atoms with van der Waals surface area (Å²) in [6, 6.07) is 5.80. The highest BCUT2D eigenvalue weighted by Gasteiger charge is 2.33. The van der Waals surface area contributed by atoms with Crippen molar-refractivity contribution < 1.29 is 18.3 Å². The molecule has 1 heterocycles. The lowest BCUT2D eigenvalue weighted by Gasteiger charge is -2.10. The van der Waals surface area contributed by atoms with E-state index in [-0.39, 0.29) is 27.1 Å². The molecule has 0 fully saturated rings. The maximum atomic E-state index is 12.6. The van der Waals surface area contributed by atoms with Crippen LogP contribution in [0.4, 0.5) is 13.2 Å². The molecule has 0 atom stereocenters. The normalized spacial score (nSPS) is 11.6. The van der Waals surface area contributed by atoms with Gasteiger partial charge < -0.3 is 5.11 Å². The third kappa shape index (κ3) is 3.11. The van der Waals surface area contributed by atoms with Crippen LogP contribution in [-0.4, -0.2) is 10.1 Å². The lowest BCUT2D eigenvalue weighted by Crippen LogP contribution is -2.08. The fourth-order valence-electron chi connectivity index (χ4n) is 1.51. The summed E-state index contributed by atoms with van der Waals surface area (Å²) in [7, 11) is 0. The van der Waals surface area contributed by atoms with Gasteiger partial charge in [0, 0.05) is 15.6 Å². The summed E-state index contributed by atoms with van der Waals surface area (Å²) in [5.74, 6) is -0.383. The molecule has 2 nitrogen and oxygen atoms in total. The third-order valence-corrected chi connectivity index (χ3v) is 2.74. The van der Waals surface area contributed by atoms with Crippen molar-refractivity contribution in [2.75, 3.05) is 0 Å². The molecule has 0 spiro atoms. The molecule has 0 amide bonds. The minimum absolute atomic E-state index is 0.209. The molecule has 0 aliphatic carbocycles. The van der Waals surface area contributed by atoms with Gasteiger partial charge in [0.05, 0.1) is 0 Å². The van der Waals surface area contributed by atoms with Gasteiger partial charge in [-0.05, 0) is 30.3 Å². The number of hydrogen-bond acceptors (Lipinski definition) is 2. The van der Waals surface area contributed by atoms with Gasteiger partial charge in [0.2, 0.25) is 0 Å². The molecule has 0 saturated heterocycles. The zero-order chi connectivity index (χ0) is 14.2. The van der Waals surface area contributed by atoms with Crippen molar-refractivity contribution >= 4 is 23.2 Å². The number of pyridine rings is 1. The van der Waals surface area contributed by atoms with E-state index < -0.39 is 11.9 Å². The molecule has 0 aliphatic rings. The highest BCUT2D eigenvalue weighted by Crippen LogP contribution is 2.35. The van der Waals surface area contributed by atoms with Crippen molar-refractivity contribution in [2.24, 2.45) is 0 Å². The summed E-state index contributed by atoms with van der Waals surface area (Å²) in [5, 5.41) is 10.1. The van der Waals surface area contributed by atoms with Crippen LogP contribution in [0.5, 0.6) is 5.75 Å². The molecule has 0 aliphatic heterocycles. The molecule has 100 valence electrons. The zero-order valence-electron chi connectivity index (χ0n) is 9.17. The first-order valence-electron chi connectivity index (χ1n) is 5.01. The van der Waals surface area contributed by atoms with E-state index in [1.807, 2.05) is 0 Å². The fourth-order valence-corrected chi connectivity index (χ4v) is 2.04. The van der Waals surface area contributed by atoms with Crippen molar-refractivity contribution in [2.45, 2.75) is 6.18 Å². The van der Waals surface area contributed by atoms with Crippen LogP contribution in [-0.2, 0) is 6.18 Å². The van der Waals surface area contributed by atoms with Crippen LogP contribution < -0.4 is 0 Å². The molecule has 0 saturated carbocycles. The van der Waals surface area contributed by atoms with Gasteiger partial charge in [0.15, 0.2) is 0 Å². The Morgan fingerprint density at radius 3 is 2.11 bits per heavy atom. The van der Waals surface area contributed by atoms with E-state index in [1.165, 1.54) is 18.2 Å². The first-order chi connectivity index (χ1) is 8.77. The van der Waals surface area contributed by atoms with E-state index in [0.29, 0.717) is 6.07 Å². The summed E-state index contributed by atoms with van der Waals surface area (Å²) >= 11 is 11.5. The Balaban J connectivity index is 2.61. The van der Waals surface area contributed by atoms with Gasteiger partial charge in [0.25, 0.3) is 0 Å². The topological polar surface area (TPSA) is 33.1 Å². The number of aromatic hydroxyl groups is 1. The largest absolute Gasteiger partial charge is 0.506 e. The molecule has 1 aromatic carbocycles. The summed E-state index contributed by atoms with van der Waals surface area (Å²) in [4.78, 5) is 3.40. The molecule has 0 radical (unpaired) electrons. The number of nitrogens with zero attached hydrogens (tertiary/aromatic N) is 1. The number of rotatable bonds is 1. The van der Waals surface area contributed by atoms with Gasteiger partial charge in [-0.15, -0.1) is 0 Å². The van der Waals surface area contributed by atoms with Crippen LogP contribution in [0.25, 0.3) is 11.3 Å². The van der Waals surface area contributed by atoms with E-state index in [0.717, 1.165) is 6.07 Å². The van der Waals surface area contributed by atoms with Crippen LogP contribution in [0.2, 0.25) is 10.0 Å². The standard InChI is InChI=1S/C12H6Cl2F3NO/c13-7-3-6(4-8(14)5-7)11-9(19)1-2-10(18-11)12(15,16)17/h1-5,19H. The summed E-state index contributed by atoms with van der Waals surface area (Å²) in [5.41, 5.74) is -1.11. The molecular formula is C12H6Cl2F3NO. The monoisotopic (exact) mass is 307 g/mol. The third-order valence-electron chi connectivity index (χ3n) is 2.30. The lowest BCUT2D eigenvalue weighted by atomic mass is 10.1. The molecular weight excluding hydrogens is 302 g/mol. The molecule has 0 unspecified atom stereocenters. The van der Waals surface area contributed by atoms with E-state index in [4.69, 9.17) is 23.2 Å². The van der Waals surface area contributed by atoms with Crippen LogP contribution in [0.1, 0.15) is 5.69 Å². The molecule has 19 heavy (non-hydrogen) atoms. The molecule has 2 rings (SSSR count). The minimum Gasteiger partial charge on any atom is -0.506 e. The Kier molecular flexibility index (Phi) is 3.60. The zero-order valence-corrected chi connectivity index (χ0v) is 10.7. The molecule has 0 bridgehead atoms. The average molecular weight is 308 g/mol. The fraction of sp³-hybridized carbons (Fsp3) is 0.0833. The Labute approximate surface area is 116 Å². The number of aromatic nitrogens is 1.